The van der Waals surface area contributed by atoms with Crippen molar-refractivity contribution in [2.45, 2.75) is 12.5 Å². The summed E-state index contributed by atoms with van der Waals surface area (Å²) in [5, 5.41) is 8.79. The first-order valence-corrected chi connectivity index (χ1v) is 4.90. The fourth-order valence-electron chi connectivity index (χ4n) is 1.42. The van der Waals surface area contributed by atoms with Crippen molar-refractivity contribution in [1.82, 2.24) is 0 Å². The largest absolute Gasteiger partial charge is 0.478 e. The van der Waals surface area contributed by atoms with E-state index in [1.807, 2.05) is 0 Å². The van der Waals surface area contributed by atoms with Crippen molar-refractivity contribution in [3.05, 3.63) is 29.3 Å². The summed E-state index contributed by atoms with van der Waals surface area (Å²) >= 11 is 0. The lowest BCUT2D eigenvalue weighted by molar-refractivity contribution is -0.142. The molecule has 1 aromatic rings. The van der Waals surface area contributed by atoms with E-state index in [0.29, 0.717) is 5.56 Å². The fourth-order valence-corrected chi connectivity index (χ4v) is 1.42. The molecule has 0 aromatic heterocycles. The standard InChI is InChI=1S/C11H14N2O4/c1-17-11(16)9(13)5-6-2-3-7(10(14)15)8(12)4-6/h2-4,9H,5,12-13H2,1H3,(H,14,15)/t9-/m0/s1. The molecule has 1 rings (SSSR count). The molecule has 5 N–H and O–H groups in total. The summed E-state index contributed by atoms with van der Waals surface area (Å²) in [5.41, 5.74) is 12.0. The van der Waals surface area contributed by atoms with Crippen LogP contribution in [0.4, 0.5) is 5.69 Å². The first-order chi connectivity index (χ1) is 7.95. The number of methoxy groups -OCH3 is 1. The molecule has 1 atom stereocenters. The van der Waals surface area contributed by atoms with Gasteiger partial charge < -0.3 is 21.3 Å². The predicted octanol–water partition coefficient (Wildman–Crippen LogP) is 0.00980. The molecule has 92 valence electrons. The highest BCUT2D eigenvalue weighted by Crippen LogP contribution is 2.15. The molecular formula is C11H14N2O4. The maximum absolute atomic E-state index is 11.1. The van der Waals surface area contributed by atoms with E-state index >= 15 is 0 Å². The van der Waals surface area contributed by atoms with Crippen LogP contribution >= 0.6 is 0 Å². The van der Waals surface area contributed by atoms with Crippen LogP contribution < -0.4 is 11.5 Å². The number of carboxylic acids is 1. The quantitative estimate of drug-likeness (QED) is 0.502. The Morgan fingerprint density at radius 3 is 2.59 bits per heavy atom. The van der Waals surface area contributed by atoms with Gasteiger partial charge in [0, 0.05) is 5.69 Å². The van der Waals surface area contributed by atoms with E-state index in [1.165, 1.54) is 19.2 Å². The monoisotopic (exact) mass is 238 g/mol. The van der Waals surface area contributed by atoms with Crippen molar-refractivity contribution in [1.29, 1.82) is 0 Å². The van der Waals surface area contributed by atoms with Crippen LogP contribution in [0.5, 0.6) is 0 Å². The van der Waals surface area contributed by atoms with Crippen molar-refractivity contribution in [2.24, 2.45) is 5.73 Å². The Morgan fingerprint density at radius 1 is 1.47 bits per heavy atom. The molecule has 0 amide bonds. The van der Waals surface area contributed by atoms with Crippen LogP contribution in [0.1, 0.15) is 15.9 Å². The van der Waals surface area contributed by atoms with E-state index in [4.69, 9.17) is 16.6 Å². The molecule has 1 aromatic carbocycles. The van der Waals surface area contributed by atoms with Crippen molar-refractivity contribution < 1.29 is 19.4 Å². The first kappa shape index (κ1) is 13.0. The summed E-state index contributed by atoms with van der Waals surface area (Å²) < 4.78 is 4.49. The number of carbonyl (C=O) groups excluding carboxylic acids is 1. The maximum atomic E-state index is 11.1. The molecule has 0 radical (unpaired) electrons. The number of anilines is 1. The molecule has 0 fully saturated rings. The third-order valence-corrected chi connectivity index (χ3v) is 2.31. The number of benzene rings is 1. The number of aromatic carboxylic acids is 1. The van der Waals surface area contributed by atoms with Gasteiger partial charge >= 0.3 is 11.9 Å². The first-order valence-electron chi connectivity index (χ1n) is 4.90. The SMILES string of the molecule is COC(=O)[C@@H](N)Cc1ccc(C(=O)O)c(N)c1. The zero-order chi connectivity index (χ0) is 13.0. The van der Waals surface area contributed by atoms with Gasteiger partial charge in [0.25, 0.3) is 0 Å². The second kappa shape index (κ2) is 5.31. The summed E-state index contributed by atoms with van der Waals surface area (Å²) in [6, 6.07) is 3.67. The van der Waals surface area contributed by atoms with E-state index in [1.54, 1.807) is 6.07 Å². The number of nitrogen functional groups attached to an aromatic ring is 1. The summed E-state index contributed by atoms with van der Waals surface area (Å²) in [5.74, 6) is -1.61. The third kappa shape index (κ3) is 3.18. The molecule has 0 bridgehead atoms. The van der Waals surface area contributed by atoms with Crippen LogP contribution in [0.2, 0.25) is 0 Å². The highest BCUT2D eigenvalue weighted by atomic mass is 16.5. The van der Waals surface area contributed by atoms with E-state index in [9.17, 15) is 9.59 Å². The average molecular weight is 238 g/mol. The lowest BCUT2D eigenvalue weighted by Crippen LogP contribution is -2.33. The number of ether oxygens (including phenoxy) is 1. The fraction of sp³-hybridized carbons (Fsp3) is 0.273. The Morgan fingerprint density at radius 2 is 2.12 bits per heavy atom. The van der Waals surface area contributed by atoms with Gasteiger partial charge in [0.05, 0.1) is 12.7 Å². The number of rotatable bonds is 4. The van der Waals surface area contributed by atoms with Gasteiger partial charge in [0.2, 0.25) is 0 Å². The molecule has 0 aliphatic heterocycles. The zero-order valence-corrected chi connectivity index (χ0v) is 9.34. The molecule has 0 unspecified atom stereocenters. The number of carbonyl (C=O) groups is 2. The third-order valence-electron chi connectivity index (χ3n) is 2.31. The minimum absolute atomic E-state index is 0.0281. The number of hydrogen-bond acceptors (Lipinski definition) is 5. The van der Waals surface area contributed by atoms with Crippen molar-refractivity contribution in [3.8, 4) is 0 Å². The summed E-state index contributed by atoms with van der Waals surface area (Å²) in [6.07, 6.45) is 0.247. The van der Waals surface area contributed by atoms with E-state index in [2.05, 4.69) is 4.74 Å². The van der Waals surface area contributed by atoms with Gasteiger partial charge in [0.15, 0.2) is 0 Å². The molecule has 0 saturated carbocycles. The molecule has 6 nitrogen and oxygen atoms in total. The lowest BCUT2D eigenvalue weighted by atomic mass is 10.0. The maximum Gasteiger partial charge on any atom is 0.337 e. The van der Waals surface area contributed by atoms with Crippen LogP contribution in [0.3, 0.4) is 0 Å². The Hall–Kier alpha value is -2.08. The van der Waals surface area contributed by atoms with Crippen LogP contribution in [0, 0.1) is 0 Å². The van der Waals surface area contributed by atoms with Gasteiger partial charge in [-0.25, -0.2) is 4.79 Å². The molecule has 6 heteroatoms. The van der Waals surface area contributed by atoms with Crippen LogP contribution in [-0.2, 0) is 16.0 Å². The van der Waals surface area contributed by atoms with Crippen LogP contribution in [0.15, 0.2) is 18.2 Å². The van der Waals surface area contributed by atoms with Crippen molar-refractivity contribution in [2.75, 3.05) is 12.8 Å². The highest BCUT2D eigenvalue weighted by Gasteiger charge is 2.15. The minimum atomic E-state index is -1.09. The minimum Gasteiger partial charge on any atom is -0.478 e. The molecular weight excluding hydrogens is 224 g/mol. The lowest BCUT2D eigenvalue weighted by Gasteiger charge is -2.10. The molecule has 0 saturated heterocycles. The molecule has 17 heavy (non-hydrogen) atoms. The van der Waals surface area contributed by atoms with Gasteiger partial charge in [-0.2, -0.15) is 0 Å². The Balaban J connectivity index is 2.84. The van der Waals surface area contributed by atoms with E-state index in [-0.39, 0.29) is 17.7 Å². The molecule has 0 spiro atoms. The van der Waals surface area contributed by atoms with Crippen LogP contribution in [-0.4, -0.2) is 30.2 Å². The molecule has 0 aliphatic rings. The number of esters is 1. The second-order valence-electron chi connectivity index (χ2n) is 3.56. The smallest absolute Gasteiger partial charge is 0.337 e. The average Bonchev–Trinajstić information content (AvgIpc) is 2.27. The zero-order valence-electron chi connectivity index (χ0n) is 9.34. The summed E-state index contributed by atoms with van der Waals surface area (Å²) in [4.78, 5) is 21.8. The number of carboxylic acid groups (broad SMARTS) is 1. The van der Waals surface area contributed by atoms with Crippen LogP contribution in [0.25, 0.3) is 0 Å². The number of hydrogen-bond donors (Lipinski definition) is 3. The Bertz CT molecular complexity index is 445. The highest BCUT2D eigenvalue weighted by molar-refractivity contribution is 5.93. The van der Waals surface area contributed by atoms with Crippen molar-refractivity contribution >= 4 is 17.6 Å². The topological polar surface area (TPSA) is 116 Å². The summed E-state index contributed by atoms with van der Waals surface area (Å²) in [6.45, 7) is 0. The van der Waals surface area contributed by atoms with E-state index in [0.717, 1.165) is 0 Å². The molecule has 0 heterocycles. The van der Waals surface area contributed by atoms with Gasteiger partial charge in [-0.3, -0.25) is 4.79 Å². The number of nitrogens with two attached hydrogens (primary N) is 2. The predicted molar refractivity (Wildman–Crippen MR) is 61.5 cm³/mol. The van der Waals surface area contributed by atoms with Gasteiger partial charge in [-0.15, -0.1) is 0 Å². The second-order valence-corrected chi connectivity index (χ2v) is 3.56. The Labute approximate surface area is 98.2 Å². The van der Waals surface area contributed by atoms with Gasteiger partial charge in [-0.1, -0.05) is 6.07 Å². The van der Waals surface area contributed by atoms with Crippen molar-refractivity contribution in [3.63, 3.8) is 0 Å². The summed E-state index contributed by atoms with van der Waals surface area (Å²) in [7, 11) is 1.25. The van der Waals surface area contributed by atoms with E-state index < -0.39 is 18.0 Å². The van der Waals surface area contributed by atoms with Gasteiger partial charge in [-0.05, 0) is 24.1 Å². The molecule has 0 aliphatic carbocycles. The normalized spacial score (nSPS) is 11.9. The van der Waals surface area contributed by atoms with Gasteiger partial charge in [0.1, 0.15) is 6.04 Å². The Kier molecular flexibility index (Phi) is 4.06.